The summed E-state index contributed by atoms with van der Waals surface area (Å²) in [6.45, 7) is 0. The SMILES string of the molecule is COC(=Nc1cccc2c(N=C(OC)c3ccccc3)cccc12)c1ccccc1. The van der Waals surface area contributed by atoms with E-state index in [9.17, 15) is 0 Å². The van der Waals surface area contributed by atoms with E-state index < -0.39 is 0 Å². The zero-order valence-electron chi connectivity index (χ0n) is 16.9. The minimum atomic E-state index is 0.568. The van der Waals surface area contributed by atoms with E-state index >= 15 is 0 Å². The summed E-state index contributed by atoms with van der Waals surface area (Å²) in [5.74, 6) is 1.14. The van der Waals surface area contributed by atoms with Crippen molar-refractivity contribution in [3.05, 3.63) is 108 Å². The van der Waals surface area contributed by atoms with Gasteiger partial charge in [-0.1, -0.05) is 60.7 Å². The molecule has 4 aromatic rings. The number of hydrogen-bond acceptors (Lipinski definition) is 4. The molecule has 4 rings (SSSR count). The third-order valence-corrected chi connectivity index (χ3v) is 4.75. The molecule has 0 spiro atoms. The molecule has 0 bridgehead atoms. The van der Waals surface area contributed by atoms with Crippen LogP contribution in [0.5, 0.6) is 0 Å². The molecule has 30 heavy (non-hydrogen) atoms. The van der Waals surface area contributed by atoms with E-state index in [4.69, 9.17) is 19.5 Å². The average molecular weight is 394 g/mol. The number of aliphatic imine (C=N–C) groups is 2. The Morgan fingerprint density at radius 2 is 0.900 bits per heavy atom. The molecule has 0 saturated heterocycles. The van der Waals surface area contributed by atoms with Gasteiger partial charge in [0.25, 0.3) is 0 Å². The molecule has 0 aromatic heterocycles. The second kappa shape index (κ2) is 9.05. The Hall–Kier alpha value is -3.92. The van der Waals surface area contributed by atoms with Crippen molar-refractivity contribution in [2.24, 2.45) is 9.98 Å². The van der Waals surface area contributed by atoms with Gasteiger partial charge in [-0.15, -0.1) is 0 Å². The quantitative estimate of drug-likeness (QED) is 0.302. The van der Waals surface area contributed by atoms with E-state index in [0.29, 0.717) is 11.8 Å². The van der Waals surface area contributed by atoms with Crippen molar-refractivity contribution in [2.45, 2.75) is 0 Å². The summed E-state index contributed by atoms with van der Waals surface area (Å²) in [5, 5.41) is 1.99. The Morgan fingerprint density at radius 1 is 0.500 bits per heavy atom. The normalized spacial score (nSPS) is 12.1. The molecule has 4 heteroatoms. The Labute approximate surface area is 176 Å². The van der Waals surface area contributed by atoms with Gasteiger partial charge >= 0.3 is 0 Å². The zero-order valence-corrected chi connectivity index (χ0v) is 16.9. The fraction of sp³-hybridized carbons (Fsp3) is 0.0769. The number of fused-ring (bicyclic) bond motifs is 1. The van der Waals surface area contributed by atoms with Gasteiger partial charge in [0.15, 0.2) is 0 Å². The van der Waals surface area contributed by atoms with Crippen LogP contribution in [0.1, 0.15) is 11.1 Å². The molecule has 0 fully saturated rings. The molecular formula is C26H22N2O2. The maximum Gasteiger partial charge on any atom is 0.221 e. The molecule has 0 heterocycles. The number of benzene rings is 4. The van der Waals surface area contributed by atoms with Crippen molar-refractivity contribution in [2.75, 3.05) is 14.2 Å². The Bertz CT molecular complexity index is 1100. The third-order valence-electron chi connectivity index (χ3n) is 4.75. The lowest BCUT2D eigenvalue weighted by Gasteiger charge is -2.10. The molecule has 0 atom stereocenters. The minimum Gasteiger partial charge on any atom is -0.481 e. The highest BCUT2D eigenvalue weighted by Crippen LogP contribution is 2.33. The molecule has 0 amide bonds. The monoisotopic (exact) mass is 394 g/mol. The van der Waals surface area contributed by atoms with Crippen LogP contribution < -0.4 is 0 Å². The largest absolute Gasteiger partial charge is 0.481 e. The van der Waals surface area contributed by atoms with Crippen molar-refractivity contribution < 1.29 is 9.47 Å². The molecule has 0 unspecified atom stereocenters. The third kappa shape index (κ3) is 4.08. The van der Waals surface area contributed by atoms with E-state index in [-0.39, 0.29) is 0 Å². The van der Waals surface area contributed by atoms with Gasteiger partial charge < -0.3 is 9.47 Å². The predicted octanol–water partition coefficient (Wildman–Crippen LogP) is 6.29. The van der Waals surface area contributed by atoms with Crippen LogP contribution in [0, 0.1) is 0 Å². The number of hydrogen-bond donors (Lipinski definition) is 0. The van der Waals surface area contributed by atoms with Gasteiger partial charge in [-0.2, -0.15) is 0 Å². The molecule has 4 aromatic carbocycles. The first-order valence-electron chi connectivity index (χ1n) is 9.68. The summed E-state index contributed by atoms with van der Waals surface area (Å²) >= 11 is 0. The number of nitrogens with zero attached hydrogens (tertiary/aromatic N) is 2. The Morgan fingerprint density at radius 3 is 1.27 bits per heavy atom. The van der Waals surface area contributed by atoms with Crippen LogP contribution in [-0.2, 0) is 9.47 Å². The van der Waals surface area contributed by atoms with E-state index in [2.05, 4.69) is 0 Å². The van der Waals surface area contributed by atoms with Gasteiger partial charge in [-0.3, -0.25) is 0 Å². The van der Waals surface area contributed by atoms with Gasteiger partial charge in [-0.25, -0.2) is 9.98 Å². The summed E-state index contributed by atoms with van der Waals surface area (Å²) in [6.07, 6.45) is 0. The van der Waals surface area contributed by atoms with E-state index in [0.717, 1.165) is 33.3 Å². The van der Waals surface area contributed by atoms with Crippen LogP contribution in [0.25, 0.3) is 10.8 Å². The molecule has 0 N–H and O–H groups in total. The maximum absolute atomic E-state index is 5.56. The lowest BCUT2D eigenvalue weighted by Crippen LogP contribution is -2.03. The molecule has 4 nitrogen and oxygen atoms in total. The van der Waals surface area contributed by atoms with E-state index in [1.807, 2.05) is 97.1 Å². The molecule has 148 valence electrons. The summed E-state index contributed by atoms with van der Waals surface area (Å²) in [6, 6.07) is 31.7. The van der Waals surface area contributed by atoms with E-state index in [1.54, 1.807) is 14.2 Å². The van der Waals surface area contributed by atoms with Crippen LogP contribution in [0.15, 0.2) is 107 Å². The first-order chi connectivity index (χ1) is 14.8. The fourth-order valence-corrected chi connectivity index (χ4v) is 3.31. The van der Waals surface area contributed by atoms with Crippen molar-refractivity contribution in [1.82, 2.24) is 0 Å². The molecular weight excluding hydrogens is 372 g/mol. The van der Waals surface area contributed by atoms with Crippen molar-refractivity contribution in [3.63, 3.8) is 0 Å². The van der Waals surface area contributed by atoms with Crippen molar-refractivity contribution in [3.8, 4) is 0 Å². The van der Waals surface area contributed by atoms with Crippen LogP contribution in [0.4, 0.5) is 11.4 Å². The topological polar surface area (TPSA) is 43.2 Å². The van der Waals surface area contributed by atoms with Crippen LogP contribution in [-0.4, -0.2) is 26.0 Å². The number of rotatable bonds is 4. The second-order valence-corrected chi connectivity index (χ2v) is 6.62. The van der Waals surface area contributed by atoms with Gasteiger partial charge in [0.05, 0.1) is 25.6 Å². The van der Waals surface area contributed by atoms with Crippen LogP contribution in [0.3, 0.4) is 0 Å². The summed E-state index contributed by atoms with van der Waals surface area (Å²) in [7, 11) is 3.27. The minimum absolute atomic E-state index is 0.568. The zero-order chi connectivity index (χ0) is 20.8. The summed E-state index contributed by atoms with van der Waals surface area (Å²) in [5.41, 5.74) is 3.50. The van der Waals surface area contributed by atoms with Gasteiger partial charge in [0.1, 0.15) is 0 Å². The van der Waals surface area contributed by atoms with Gasteiger partial charge in [0, 0.05) is 21.9 Å². The van der Waals surface area contributed by atoms with Crippen molar-refractivity contribution >= 4 is 33.9 Å². The summed E-state index contributed by atoms with van der Waals surface area (Å²) < 4.78 is 11.1. The standard InChI is InChI=1S/C26H22N2O2/c1-29-25(19-11-5-3-6-12-19)27-23-17-9-16-22-21(23)15-10-18-24(22)28-26(30-2)20-13-7-4-8-14-20/h3-18H,1-2H3. The molecule has 0 radical (unpaired) electrons. The Balaban J connectivity index is 1.83. The first kappa shape index (κ1) is 19.4. The highest BCUT2D eigenvalue weighted by Gasteiger charge is 2.09. The maximum atomic E-state index is 5.56. The first-order valence-corrected chi connectivity index (χ1v) is 9.68. The molecule has 0 aliphatic heterocycles. The van der Waals surface area contributed by atoms with Crippen LogP contribution in [0.2, 0.25) is 0 Å². The molecule has 0 aliphatic carbocycles. The second-order valence-electron chi connectivity index (χ2n) is 6.62. The molecule has 0 aliphatic rings. The Kier molecular flexibility index (Phi) is 5.85. The summed E-state index contributed by atoms with van der Waals surface area (Å²) in [4.78, 5) is 9.58. The lowest BCUT2D eigenvalue weighted by molar-refractivity contribution is 0.405. The number of methoxy groups -OCH3 is 2. The predicted molar refractivity (Wildman–Crippen MR) is 123 cm³/mol. The average Bonchev–Trinajstić information content (AvgIpc) is 2.82. The highest BCUT2D eigenvalue weighted by atomic mass is 16.5. The lowest BCUT2D eigenvalue weighted by atomic mass is 10.1. The highest BCUT2D eigenvalue weighted by molar-refractivity contribution is 6.05. The fourth-order valence-electron chi connectivity index (χ4n) is 3.31. The van der Waals surface area contributed by atoms with Crippen molar-refractivity contribution in [1.29, 1.82) is 0 Å². The van der Waals surface area contributed by atoms with Gasteiger partial charge in [-0.05, 0) is 36.4 Å². The van der Waals surface area contributed by atoms with Crippen LogP contribution >= 0.6 is 0 Å². The smallest absolute Gasteiger partial charge is 0.221 e. The van der Waals surface area contributed by atoms with E-state index in [1.165, 1.54) is 0 Å². The molecule has 0 saturated carbocycles. The number of ether oxygens (including phenoxy) is 2. The van der Waals surface area contributed by atoms with Gasteiger partial charge in [0.2, 0.25) is 11.8 Å².